The van der Waals surface area contributed by atoms with Crippen molar-refractivity contribution < 1.29 is 61.3 Å². The molecule has 12 heteroatoms. The molecular formula is C36H40O12. The Morgan fingerprint density at radius 3 is 0.938 bits per heavy atom. The van der Waals surface area contributed by atoms with Crippen LogP contribution in [0.2, 0.25) is 0 Å². The minimum absolute atomic E-state index is 0.0212. The standard InChI is InChI=1S/C36H40O12/c1-19(21-4-24(13-39)33(46)25(5-21)14-40)36(30-6-26(15-41)34(47)27(7-30)16-42,31-8-28(17-43)35(48)29(9-31)18-44)10-20-2-22(11-37)32(45)23(3-20)12-38/h2-9,37-48H,1,10-18H2. The Hall–Kier alpha value is -4.50. The minimum atomic E-state index is -1.60. The van der Waals surface area contributed by atoms with E-state index in [2.05, 4.69) is 6.58 Å². The van der Waals surface area contributed by atoms with Crippen LogP contribution in [0, 0.1) is 0 Å². The van der Waals surface area contributed by atoms with Crippen LogP contribution < -0.4 is 0 Å². The molecule has 0 saturated heterocycles. The third-order valence-corrected chi connectivity index (χ3v) is 8.81. The Bertz CT molecular complexity index is 1650. The molecule has 48 heavy (non-hydrogen) atoms. The van der Waals surface area contributed by atoms with Crippen LogP contribution in [0.15, 0.2) is 55.1 Å². The summed E-state index contributed by atoms with van der Waals surface area (Å²) in [6.07, 6.45) is -0.128. The Labute approximate surface area is 276 Å². The molecule has 0 radical (unpaired) electrons. The number of allylic oxidation sites excluding steroid dienone is 1. The van der Waals surface area contributed by atoms with E-state index in [1.54, 1.807) is 0 Å². The van der Waals surface area contributed by atoms with Crippen molar-refractivity contribution in [2.75, 3.05) is 0 Å². The first-order valence-electron chi connectivity index (χ1n) is 14.9. The number of hydrogen-bond donors (Lipinski definition) is 12. The zero-order chi connectivity index (χ0) is 35.3. The van der Waals surface area contributed by atoms with Crippen molar-refractivity contribution in [2.24, 2.45) is 0 Å². The highest BCUT2D eigenvalue weighted by atomic mass is 16.3. The highest BCUT2D eigenvalue weighted by molar-refractivity contribution is 5.81. The molecule has 0 aliphatic heterocycles. The molecule has 12 N–H and O–H groups in total. The first-order chi connectivity index (χ1) is 23.0. The van der Waals surface area contributed by atoms with Crippen LogP contribution in [0.1, 0.15) is 66.8 Å². The zero-order valence-electron chi connectivity index (χ0n) is 26.1. The smallest absolute Gasteiger partial charge is 0.126 e. The Kier molecular flexibility index (Phi) is 11.5. The van der Waals surface area contributed by atoms with Gasteiger partial charge >= 0.3 is 0 Å². The van der Waals surface area contributed by atoms with Gasteiger partial charge in [-0.05, 0) is 82.8 Å². The fourth-order valence-corrected chi connectivity index (χ4v) is 6.22. The SMILES string of the molecule is C=C(c1cc(CO)c(O)c(CO)c1)C(Cc1cc(CO)c(O)c(CO)c1)(c1cc(CO)c(O)c(CO)c1)c1cc(CO)c(O)c(CO)c1. The molecule has 256 valence electrons. The van der Waals surface area contributed by atoms with Gasteiger partial charge in [0, 0.05) is 49.9 Å². The maximum Gasteiger partial charge on any atom is 0.126 e. The van der Waals surface area contributed by atoms with Gasteiger partial charge in [-0.25, -0.2) is 0 Å². The largest absolute Gasteiger partial charge is 0.507 e. The van der Waals surface area contributed by atoms with Gasteiger partial charge in [-0.15, -0.1) is 0 Å². The Balaban J connectivity index is 2.27. The van der Waals surface area contributed by atoms with E-state index in [4.69, 9.17) is 0 Å². The van der Waals surface area contributed by atoms with Crippen LogP contribution in [-0.4, -0.2) is 61.3 Å². The maximum atomic E-state index is 10.8. The number of phenols is 4. The number of aromatic hydroxyl groups is 4. The molecule has 0 aliphatic rings. The van der Waals surface area contributed by atoms with E-state index >= 15 is 0 Å². The lowest BCUT2D eigenvalue weighted by atomic mass is 9.63. The zero-order valence-corrected chi connectivity index (χ0v) is 26.1. The molecule has 0 bridgehead atoms. The number of rotatable bonds is 14. The molecule has 4 aromatic carbocycles. The van der Waals surface area contributed by atoms with Crippen LogP contribution in [0.5, 0.6) is 23.0 Å². The van der Waals surface area contributed by atoms with Crippen molar-refractivity contribution in [3.63, 3.8) is 0 Å². The molecule has 0 aromatic heterocycles. The topological polar surface area (TPSA) is 243 Å². The van der Waals surface area contributed by atoms with Gasteiger partial charge in [0.2, 0.25) is 0 Å². The molecule has 0 heterocycles. The van der Waals surface area contributed by atoms with Gasteiger partial charge in [0.25, 0.3) is 0 Å². The molecule has 4 aromatic rings. The van der Waals surface area contributed by atoms with Crippen molar-refractivity contribution in [1.82, 2.24) is 0 Å². The summed E-state index contributed by atoms with van der Waals surface area (Å²) in [4.78, 5) is 0. The maximum absolute atomic E-state index is 10.8. The fourth-order valence-electron chi connectivity index (χ4n) is 6.22. The van der Waals surface area contributed by atoms with Crippen molar-refractivity contribution in [3.8, 4) is 23.0 Å². The third-order valence-electron chi connectivity index (χ3n) is 8.81. The highest BCUT2D eigenvalue weighted by Gasteiger charge is 2.41. The van der Waals surface area contributed by atoms with E-state index in [1.165, 1.54) is 48.5 Å². The minimum Gasteiger partial charge on any atom is -0.507 e. The normalized spacial score (nSPS) is 11.7. The summed E-state index contributed by atoms with van der Waals surface area (Å²) in [5.41, 5.74) is 0.272. The van der Waals surface area contributed by atoms with Crippen molar-refractivity contribution in [1.29, 1.82) is 0 Å². The molecule has 0 atom stereocenters. The average Bonchev–Trinajstić information content (AvgIpc) is 3.11. The lowest BCUT2D eigenvalue weighted by Gasteiger charge is -2.39. The van der Waals surface area contributed by atoms with E-state index < -0.39 is 58.3 Å². The van der Waals surface area contributed by atoms with Crippen LogP contribution in [0.25, 0.3) is 5.57 Å². The average molecular weight is 665 g/mol. The highest BCUT2D eigenvalue weighted by Crippen LogP contribution is 2.50. The predicted octanol–water partition coefficient (Wildman–Crippen LogP) is 1.69. The molecule has 0 unspecified atom stereocenters. The summed E-state index contributed by atoms with van der Waals surface area (Å²) < 4.78 is 0. The van der Waals surface area contributed by atoms with Gasteiger partial charge in [0.1, 0.15) is 23.0 Å². The van der Waals surface area contributed by atoms with Crippen molar-refractivity contribution in [2.45, 2.75) is 64.7 Å². The van der Waals surface area contributed by atoms with Crippen molar-refractivity contribution in [3.05, 3.63) is 122 Å². The summed E-state index contributed by atoms with van der Waals surface area (Å²) in [6, 6.07) is 11.7. The third kappa shape index (κ3) is 6.48. The first kappa shape index (κ1) is 36.3. The van der Waals surface area contributed by atoms with Crippen molar-refractivity contribution >= 4 is 5.57 Å². The molecular weight excluding hydrogens is 624 g/mol. The van der Waals surface area contributed by atoms with Crippen LogP contribution >= 0.6 is 0 Å². The van der Waals surface area contributed by atoms with E-state index in [0.29, 0.717) is 16.7 Å². The lowest BCUT2D eigenvalue weighted by molar-refractivity contribution is 0.262. The number of hydrogen-bond acceptors (Lipinski definition) is 12. The molecule has 0 fully saturated rings. The molecule has 0 aliphatic carbocycles. The van der Waals surface area contributed by atoms with Crippen LogP contribution in [0.4, 0.5) is 0 Å². The Morgan fingerprint density at radius 1 is 0.417 bits per heavy atom. The van der Waals surface area contributed by atoms with Gasteiger partial charge in [0.15, 0.2) is 0 Å². The number of aliphatic hydroxyl groups excluding tert-OH is 8. The van der Waals surface area contributed by atoms with Gasteiger partial charge in [-0.2, -0.15) is 0 Å². The second-order valence-corrected chi connectivity index (χ2v) is 11.5. The number of aliphatic hydroxyl groups is 8. The molecule has 0 saturated carbocycles. The Morgan fingerprint density at radius 2 is 0.667 bits per heavy atom. The summed E-state index contributed by atoms with van der Waals surface area (Å²) >= 11 is 0. The first-order valence-corrected chi connectivity index (χ1v) is 14.9. The summed E-state index contributed by atoms with van der Waals surface area (Å²) in [6.45, 7) is -0.603. The van der Waals surface area contributed by atoms with Gasteiger partial charge in [0.05, 0.1) is 52.9 Å². The van der Waals surface area contributed by atoms with Crippen LogP contribution in [-0.2, 0) is 64.7 Å². The summed E-state index contributed by atoms with van der Waals surface area (Å²) in [5, 5.41) is 124. The second kappa shape index (κ2) is 15.2. The molecule has 12 nitrogen and oxygen atoms in total. The lowest BCUT2D eigenvalue weighted by Crippen LogP contribution is -2.33. The second-order valence-electron chi connectivity index (χ2n) is 11.5. The fraction of sp³-hybridized carbons (Fsp3) is 0.278. The van der Waals surface area contributed by atoms with Gasteiger partial charge in [-0.3, -0.25) is 0 Å². The number of benzene rings is 4. The molecule has 4 rings (SSSR count). The van der Waals surface area contributed by atoms with Crippen LogP contribution in [0.3, 0.4) is 0 Å². The summed E-state index contributed by atoms with van der Waals surface area (Å²) in [7, 11) is 0. The van der Waals surface area contributed by atoms with E-state index in [0.717, 1.165) is 0 Å². The van der Waals surface area contributed by atoms with E-state index in [9.17, 15) is 61.3 Å². The summed E-state index contributed by atoms with van der Waals surface area (Å²) in [5.74, 6) is -1.40. The monoisotopic (exact) mass is 664 g/mol. The molecule has 0 spiro atoms. The molecule has 0 amide bonds. The van der Waals surface area contributed by atoms with Gasteiger partial charge in [-0.1, -0.05) is 6.58 Å². The van der Waals surface area contributed by atoms with E-state index in [-0.39, 0.29) is 85.1 Å². The quantitative estimate of drug-likeness (QED) is 0.0922. The van der Waals surface area contributed by atoms with Gasteiger partial charge < -0.3 is 61.3 Å². The predicted molar refractivity (Wildman–Crippen MR) is 173 cm³/mol. The van der Waals surface area contributed by atoms with E-state index in [1.807, 2.05) is 0 Å².